The molecule has 0 fully saturated rings. The molecule has 0 heterocycles. The molecule has 0 radical (unpaired) electrons. The molecule has 1 aromatic carbocycles. The van der Waals surface area contributed by atoms with E-state index in [-0.39, 0.29) is 6.54 Å². The lowest BCUT2D eigenvalue weighted by atomic mass is 9.98. The quantitative estimate of drug-likeness (QED) is 0.776. The van der Waals surface area contributed by atoms with E-state index >= 15 is 0 Å². The summed E-state index contributed by atoms with van der Waals surface area (Å²) in [4.78, 5) is 0. The van der Waals surface area contributed by atoms with Crippen molar-refractivity contribution in [1.82, 2.24) is 0 Å². The summed E-state index contributed by atoms with van der Waals surface area (Å²) in [6, 6.07) is 1.61. The van der Waals surface area contributed by atoms with E-state index in [1.807, 2.05) is 0 Å². The molecule has 4 heteroatoms. The Bertz CT molecular complexity index is 326. The van der Waals surface area contributed by atoms with E-state index in [1.54, 1.807) is 6.92 Å². The zero-order chi connectivity index (χ0) is 10.7. The van der Waals surface area contributed by atoms with Crippen molar-refractivity contribution in [3.8, 4) is 0 Å². The van der Waals surface area contributed by atoms with Gasteiger partial charge in [0, 0.05) is 18.7 Å². The number of rotatable bonds is 3. The van der Waals surface area contributed by atoms with Crippen LogP contribution in [0.25, 0.3) is 0 Å². The second-order valence-electron chi connectivity index (χ2n) is 3.15. The van der Waals surface area contributed by atoms with E-state index in [0.717, 1.165) is 6.07 Å². The van der Waals surface area contributed by atoms with Gasteiger partial charge < -0.3 is 11.5 Å². The fourth-order valence-electron chi connectivity index (χ4n) is 1.45. The van der Waals surface area contributed by atoms with Gasteiger partial charge in [-0.25, -0.2) is 8.78 Å². The summed E-state index contributed by atoms with van der Waals surface area (Å²) in [7, 11) is 0. The van der Waals surface area contributed by atoms with Crippen molar-refractivity contribution < 1.29 is 8.78 Å². The highest BCUT2D eigenvalue weighted by atomic mass is 19.1. The summed E-state index contributed by atoms with van der Waals surface area (Å²) in [6.45, 7) is 1.97. The maximum atomic E-state index is 13.3. The summed E-state index contributed by atoms with van der Waals surface area (Å²) in [5, 5.41) is 0. The fraction of sp³-hybridized carbons (Fsp3) is 0.400. The Balaban J connectivity index is 3.24. The summed E-state index contributed by atoms with van der Waals surface area (Å²) < 4.78 is 26.2. The molecule has 1 aromatic rings. The molecule has 0 spiro atoms. The molecule has 0 bridgehead atoms. The maximum Gasteiger partial charge on any atom is 0.129 e. The van der Waals surface area contributed by atoms with Crippen molar-refractivity contribution >= 4 is 0 Å². The predicted molar refractivity (Wildman–Crippen MR) is 51.7 cm³/mol. The van der Waals surface area contributed by atoms with E-state index in [2.05, 4.69) is 0 Å². The minimum atomic E-state index is -0.612. The van der Waals surface area contributed by atoms with Gasteiger partial charge in [-0.2, -0.15) is 0 Å². The monoisotopic (exact) mass is 200 g/mol. The largest absolute Gasteiger partial charge is 0.329 e. The summed E-state index contributed by atoms with van der Waals surface area (Å²) in [5.41, 5.74) is 11.9. The Labute approximate surface area is 81.9 Å². The third-order valence-electron chi connectivity index (χ3n) is 2.20. The van der Waals surface area contributed by atoms with Crippen LogP contribution in [-0.4, -0.2) is 6.54 Å². The Kier molecular flexibility index (Phi) is 3.55. The molecule has 0 saturated heterocycles. The standard InChI is InChI=1S/C10H14F2N2/c1-2-7-8(10(14)5-13)3-6(11)4-9(7)12/h3-4,10H,2,5,13-14H2,1H3. The molecule has 4 N–H and O–H groups in total. The van der Waals surface area contributed by atoms with Crippen LogP contribution in [0.2, 0.25) is 0 Å². The highest BCUT2D eigenvalue weighted by Crippen LogP contribution is 2.21. The number of halogens is 2. The molecular formula is C10H14F2N2. The summed E-state index contributed by atoms with van der Waals surface area (Å²) in [6.07, 6.45) is 0.481. The van der Waals surface area contributed by atoms with Crippen LogP contribution in [0.4, 0.5) is 8.78 Å². The van der Waals surface area contributed by atoms with Gasteiger partial charge in [0.05, 0.1) is 0 Å². The normalized spacial score (nSPS) is 12.9. The van der Waals surface area contributed by atoms with Crippen LogP contribution in [0.5, 0.6) is 0 Å². The van der Waals surface area contributed by atoms with Gasteiger partial charge in [-0.1, -0.05) is 6.92 Å². The predicted octanol–water partition coefficient (Wildman–Crippen LogP) is 1.49. The van der Waals surface area contributed by atoms with E-state index in [4.69, 9.17) is 11.5 Å². The van der Waals surface area contributed by atoms with Crippen LogP contribution in [0.15, 0.2) is 12.1 Å². The first-order chi connectivity index (χ1) is 6.60. The third kappa shape index (κ3) is 2.08. The Morgan fingerprint density at radius 3 is 2.50 bits per heavy atom. The smallest absolute Gasteiger partial charge is 0.129 e. The van der Waals surface area contributed by atoms with Gasteiger partial charge in [-0.05, 0) is 23.6 Å². The van der Waals surface area contributed by atoms with Crippen molar-refractivity contribution in [2.24, 2.45) is 11.5 Å². The first-order valence-electron chi connectivity index (χ1n) is 4.53. The van der Waals surface area contributed by atoms with E-state index in [9.17, 15) is 8.78 Å². The zero-order valence-electron chi connectivity index (χ0n) is 8.06. The van der Waals surface area contributed by atoms with Crippen molar-refractivity contribution in [3.63, 3.8) is 0 Å². The molecule has 0 aliphatic heterocycles. The highest BCUT2D eigenvalue weighted by Gasteiger charge is 2.14. The number of benzene rings is 1. The third-order valence-corrected chi connectivity index (χ3v) is 2.20. The van der Waals surface area contributed by atoms with Crippen LogP contribution in [0.3, 0.4) is 0 Å². The molecule has 0 amide bonds. The van der Waals surface area contributed by atoms with Gasteiger partial charge in [0.2, 0.25) is 0 Å². The maximum absolute atomic E-state index is 13.3. The van der Waals surface area contributed by atoms with Gasteiger partial charge in [0.25, 0.3) is 0 Å². The minimum absolute atomic E-state index is 0.176. The summed E-state index contributed by atoms with van der Waals surface area (Å²) >= 11 is 0. The Morgan fingerprint density at radius 1 is 1.36 bits per heavy atom. The SMILES string of the molecule is CCc1c(F)cc(F)cc1C(N)CN. The second kappa shape index (κ2) is 4.48. The molecule has 0 aliphatic carbocycles. The van der Waals surface area contributed by atoms with Gasteiger partial charge in [-0.3, -0.25) is 0 Å². The minimum Gasteiger partial charge on any atom is -0.329 e. The molecule has 1 atom stereocenters. The molecule has 1 rings (SSSR count). The number of hydrogen-bond acceptors (Lipinski definition) is 2. The molecular weight excluding hydrogens is 186 g/mol. The lowest BCUT2D eigenvalue weighted by Crippen LogP contribution is -2.22. The van der Waals surface area contributed by atoms with Crippen molar-refractivity contribution in [1.29, 1.82) is 0 Å². The second-order valence-corrected chi connectivity index (χ2v) is 3.15. The summed E-state index contributed by atoms with van der Waals surface area (Å²) in [5.74, 6) is -1.16. The number of nitrogens with two attached hydrogens (primary N) is 2. The van der Waals surface area contributed by atoms with Crippen molar-refractivity contribution in [2.45, 2.75) is 19.4 Å². The average Bonchev–Trinajstić information content (AvgIpc) is 2.15. The first kappa shape index (κ1) is 11.1. The molecule has 1 unspecified atom stereocenters. The molecule has 2 nitrogen and oxygen atoms in total. The average molecular weight is 200 g/mol. The van der Waals surface area contributed by atoms with Gasteiger partial charge in [0.15, 0.2) is 0 Å². The molecule has 14 heavy (non-hydrogen) atoms. The van der Waals surface area contributed by atoms with Crippen LogP contribution >= 0.6 is 0 Å². The lowest BCUT2D eigenvalue weighted by molar-refractivity contribution is 0.561. The zero-order valence-corrected chi connectivity index (χ0v) is 8.06. The van der Waals surface area contributed by atoms with Crippen LogP contribution in [-0.2, 0) is 6.42 Å². The molecule has 0 aromatic heterocycles. The van der Waals surface area contributed by atoms with E-state index < -0.39 is 17.7 Å². The Morgan fingerprint density at radius 2 is 2.00 bits per heavy atom. The first-order valence-corrected chi connectivity index (χ1v) is 4.53. The van der Waals surface area contributed by atoms with Gasteiger partial charge >= 0.3 is 0 Å². The van der Waals surface area contributed by atoms with Crippen LogP contribution in [0.1, 0.15) is 24.1 Å². The van der Waals surface area contributed by atoms with Crippen molar-refractivity contribution in [3.05, 3.63) is 34.9 Å². The molecule has 0 saturated carbocycles. The highest BCUT2D eigenvalue weighted by molar-refractivity contribution is 5.32. The Hall–Kier alpha value is -1.00. The molecule has 0 aliphatic rings. The topological polar surface area (TPSA) is 52.0 Å². The van der Waals surface area contributed by atoms with E-state index in [0.29, 0.717) is 17.5 Å². The van der Waals surface area contributed by atoms with Gasteiger partial charge in [-0.15, -0.1) is 0 Å². The van der Waals surface area contributed by atoms with Crippen molar-refractivity contribution in [2.75, 3.05) is 6.54 Å². The molecule has 78 valence electrons. The number of hydrogen-bond donors (Lipinski definition) is 2. The fourth-order valence-corrected chi connectivity index (χ4v) is 1.45. The van der Waals surface area contributed by atoms with Gasteiger partial charge in [0.1, 0.15) is 11.6 Å². The van der Waals surface area contributed by atoms with Crippen LogP contribution in [0, 0.1) is 11.6 Å². The van der Waals surface area contributed by atoms with Crippen LogP contribution < -0.4 is 11.5 Å². The van der Waals surface area contributed by atoms with E-state index in [1.165, 1.54) is 6.07 Å². The lowest BCUT2D eigenvalue weighted by Gasteiger charge is -2.14.